The summed E-state index contributed by atoms with van der Waals surface area (Å²) in [6.07, 6.45) is 5.56. The van der Waals surface area contributed by atoms with Gasteiger partial charge in [0.2, 0.25) is 6.33 Å². The van der Waals surface area contributed by atoms with Crippen molar-refractivity contribution in [2.75, 3.05) is 0 Å². The average Bonchev–Trinajstić information content (AvgIpc) is 3.95. The van der Waals surface area contributed by atoms with Gasteiger partial charge < -0.3 is 13.9 Å². The Hall–Kier alpha value is -8.02. The molecule has 5 nitrogen and oxygen atoms in total. The number of hydrogen-bond acceptors (Lipinski definition) is 2. The van der Waals surface area contributed by atoms with Crippen LogP contribution in [-0.4, -0.2) is 14.1 Å². The number of pyridine rings is 1. The van der Waals surface area contributed by atoms with Gasteiger partial charge in [0.05, 0.1) is 40.2 Å². The van der Waals surface area contributed by atoms with Gasteiger partial charge in [-0.25, -0.2) is 4.98 Å². The average molecular weight is 781 g/mol. The molecule has 0 atom stereocenters. The summed E-state index contributed by atoms with van der Waals surface area (Å²) >= 11 is 0. The van der Waals surface area contributed by atoms with Gasteiger partial charge in [-0.3, -0.25) is 4.57 Å². The second-order valence-electron chi connectivity index (χ2n) is 16.1. The van der Waals surface area contributed by atoms with Gasteiger partial charge in [0.15, 0.2) is 0 Å². The minimum Gasteiger partial charge on any atom is -0.458 e. The lowest BCUT2D eigenvalue weighted by Crippen LogP contribution is -2.34. The van der Waals surface area contributed by atoms with Crippen molar-refractivity contribution in [3.05, 3.63) is 229 Å². The smallest absolute Gasteiger partial charge is 0.244 e. The van der Waals surface area contributed by atoms with Crippen LogP contribution in [0.2, 0.25) is 0 Å². The monoisotopic (exact) mass is 780 g/mol. The molecule has 0 radical (unpaired) electrons. The molecule has 286 valence electrons. The van der Waals surface area contributed by atoms with Crippen molar-refractivity contribution in [1.82, 2.24) is 14.1 Å². The summed E-state index contributed by atoms with van der Waals surface area (Å²) in [5.74, 6) is 2.36. The van der Waals surface area contributed by atoms with Gasteiger partial charge in [-0.15, -0.1) is 0 Å². The van der Waals surface area contributed by atoms with Crippen molar-refractivity contribution >= 4 is 32.8 Å². The Morgan fingerprint density at radius 1 is 0.525 bits per heavy atom. The Morgan fingerprint density at radius 3 is 1.87 bits per heavy atom. The van der Waals surface area contributed by atoms with Gasteiger partial charge in [0.25, 0.3) is 0 Å². The molecule has 0 fully saturated rings. The van der Waals surface area contributed by atoms with Crippen molar-refractivity contribution in [2.24, 2.45) is 7.05 Å². The zero-order chi connectivity index (χ0) is 40.2. The largest absolute Gasteiger partial charge is 0.458 e. The van der Waals surface area contributed by atoms with Gasteiger partial charge in [-0.2, -0.15) is 0 Å². The van der Waals surface area contributed by atoms with Crippen LogP contribution >= 0.6 is 0 Å². The molecule has 3 aromatic heterocycles. The third-order valence-corrected chi connectivity index (χ3v) is 13.0. The molecule has 8 aromatic carbocycles. The number of benzene rings is 8. The molecule has 61 heavy (non-hydrogen) atoms. The molecule has 0 bridgehead atoms. The van der Waals surface area contributed by atoms with E-state index in [0.717, 1.165) is 50.5 Å². The van der Waals surface area contributed by atoms with Crippen LogP contribution in [0.25, 0.3) is 77.7 Å². The maximum absolute atomic E-state index is 6.94. The SMILES string of the molecule is C[n+]1[c-]n2c3c(cccc31)C1(c3ccc(Oc4ccc5c6ccccc6n(-c6ccccn6)c5c4)cc3-2)c2c(-c3ccccc3)cccc2-c2cccc(-c3ccccc3)c21. The van der Waals surface area contributed by atoms with Gasteiger partial charge in [0, 0.05) is 23.0 Å². The molecule has 13 rings (SSSR count). The number of rotatable bonds is 5. The minimum atomic E-state index is -0.686. The molecular weight excluding hydrogens is 745 g/mol. The number of ether oxygens (including phenoxy) is 1. The Bertz CT molecular complexity index is 3480. The van der Waals surface area contributed by atoms with E-state index in [1.165, 1.54) is 61.0 Å². The number of imidazole rings is 1. The number of fused-ring (bicyclic) bond motifs is 12. The summed E-state index contributed by atoms with van der Waals surface area (Å²) in [5.41, 5.74) is 17.1. The number of nitrogens with zero attached hydrogens (tertiary/aromatic N) is 4. The van der Waals surface area contributed by atoms with Crippen LogP contribution in [0.4, 0.5) is 0 Å². The highest BCUT2D eigenvalue weighted by atomic mass is 16.5. The van der Waals surface area contributed by atoms with E-state index in [0.29, 0.717) is 0 Å². The second kappa shape index (κ2) is 12.7. The fourth-order valence-electron chi connectivity index (χ4n) is 10.6. The summed E-state index contributed by atoms with van der Waals surface area (Å²) in [7, 11) is 2.10. The standard InChI is InChI=1S/C56H36N4O/c1-58-35-59-51-34-39(61-38-28-30-43-42-19-8-9-25-48(42)60(50(43)33-38)52-27-10-11-32-57-52)29-31-46(51)56(47-24-14-26-49(58)55(47)59)53-40(36-15-4-2-5-16-36)20-12-22-44(53)45-23-13-21-41(54(45)56)37-17-6-3-7-18-37/h2-34H,1H3. The topological polar surface area (TPSA) is 35.9 Å². The lowest BCUT2D eigenvalue weighted by atomic mass is 9.63. The Kier molecular flexibility index (Phi) is 7.08. The third kappa shape index (κ3) is 4.66. The molecule has 11 aromatic rings. The molecule has 0 saturated heterocycles. The van der Waals surface area contributed by atoms with Crippen molar-refractivity contribution in [1.29, 1.82) is 0 Å². The Labute approximate surface area is 352 Å². The van der Waals surface area contributed by atoms with E-state index in [9.17, 15) is 0 Å². The molecule has 0 N–H and O–H groups in total. The highest BCUT2D eigenvalue weighted by Gasteiger charge is 2.52. The van der Waals surface area contributed by atoms with E-state index >= 15 is 0 Å². The summed E-state index contributed by atoms with van der Waals surface area (Å²) in [6.45, 7) is 0. The third-order valence-electron chi connectivity index (χ3n) is 13.0. The molecule has 1 aliphatic heterocycles. The number of aryl methyl sites for hydroxylation is 1. The summed E-state index contributed by atoms with van der Waals surface area (Å²) in [4.78, 5) is 4.75. The lowest BCUT2D eigenvalue weighted by Gasteiger charge is -2.42. The van der Waals surface area contributed by atoms with Crippen LogP contribution in [0.1, 0.15) is 22.3 Å². The van der Waals surface area contributed by atoms with Crippen LogP contribution in [-0.2, 0) is 12.5 Å². The molecule has 5 heteroatoms. The Morgan fingerprint density at radius 2 is 1.15 bits per heavy atom. The lowest BCUT2D eigenvalue weighted by molar-refractivity contribution is -0.649. The van der Waals surface area contributed by atoms with Crippen LogP contribution in [0, 0.1) is 6.33 Å². The molecule has 1 spiro atoms. The first kappa shape index (κ1) is 33.9. The predicted molar refractivity (Wildman–Crippen MR) is 244 cm³/mol. The first-order valence-corrected chi connectivity index (χ1v) is 20.8. The number of aromatic nitrogens is 4. The zero-order valence-electron chi connectivity index (χ0n) is 33.2. The quantitative estimate of drug-likeness (QED) is 0.129. The Balaban J connectivity index is 1.09. The molecular formula is C56H36N4O. The highest BCUT2D eigenvalue weighted by Crippen LogP contribution is 2.64. The van der Waals surface area contributed by atoms with Crippen molar-refractivity contribution in [3.8, 4) is 56.4 Å². The van der Waals surface area contributed by atoms with E-state index in [1.54, 1.807) is 0 Å². The maximum atomic E-state index is 6.94. The van der Waals surface area contributed by atoms with Gasteiger partial charge in [0.1, 0.15) is 17.3 Å². The molecule has 4 heterocycles. The van der Waals surface area contributed by atoms with Crippen molar-refractivity contribution in [2.45, 2.75) is 5.41 Å². The van der Waals surface area contributed by atoms with Crippen LogP contribution < -0.4 is 9.30 Å². The van der Waals surface area contributed by atoms with E-state index in [-0.39, 0.29) is 0 Å². The molecule has 0 unspecified atom stereocenters. The first-order chi connectivity index (χ1) is 30.2. The molecule has 0 saturated carbocycles. The molecule has 1 aliphatic carbocycles. The first-order valence-electron chi connectivity index (χ1n) is 20.8. The van der Waals surface area contributed by atoms with Crippen molar-refractivity contribution < 1.29 is 9.30 Å². The predicted octanol–water partition coefficient (Wildman–Crippen LogP) is 12.6. The van der Waals surface area contributed by atoms with Gasteiger partial charge in [-0.1, -0.05) is 146 Å². The molecule has 0 amide bonds. The fraction of sp³-hybridized carbons (Fsp3) is 0.0357. The van der Waals surface area contributed by atoms with E-state index in [1.807, 2.05) is 18.3 Å². The zero-order valence-corrected chi connectivity index (χ0v) is 33.2. The summed E-state index contributed by atoms with van der Waals surface area (Å²) < 4.78 is 13.5. The second-order valence-corrected chi connectivity index (χ2v) is 16.1. The van der Waals surface area contributed by atoms with Crippen LogP contribution in [0.3, 0.4) is 0 Å². The fourth-order valence-corrected chi connectivity index (χ4v) is 10.6. The van der Waals surface area contributed by atoms with E-state index in [4.69, 9.17) is 9.72 Å². The normalized spacial score (nSPS) is 13.1. The van der Waals surface area contributed by atoms with E-state index < -0.39 is 5.41 Å². The molecule has 2 aliphatic rings. The van der Waals surface area contributed by atoms with Crippen LogP contribution in [0.15, 0.2) is 200 Å². The van der Waals surface area contributed by atoms with Crippen LogP contribution in [0.5, 0.6) is 11.5 Å². The minimum absolute atomic E-state index is 0.686. The van der Waals surface area contributed by atoms with Gasteiger partial charge in [-0.05, 0) is 98.1 Å². The van der Waals surface area contributed by atoms with Crippen molar-refractivity contribution in [3.63, 3.8) is 0 Å². The number of hydrogen-bond donors (Lipinski definition) is 0. The maximum Gasteiger partial charge on any atom is 0.244 e. The van der Waals surface area contributed by atoms with Gasteiger partial charge >= 0.3 is 0 Å². The summed E-state index contributed by atoms with van der Waals surface area (Å²) in [6, 6.07) is 69.8. The number of para-hydroxylation sites is 2. The summed E-state index contributed by atoms with van der Waals surface area (Å²) in [5, 5.41) is 2.32. The highest BCUT2D eigenvalue weighted by molar-refractivity contribution is 6.09. The van der Waals surface area contributed by atoms with E-state index in [2.05, 4.69) is 209 Å².